The van der Waals surface area contributed by atoms with Gasteiger partial charge in [-0.2, -0.15) is 27.7 Å². The molecule has 4 heterocycles. The number of hydrogen-bond acceptors (Lipinski definition) is 5. The lowest BCUT2D eigenvalue weighted by molar-refractivity contribution is -0.141. The first kappa shape index (κ1) is 28.0. The minimum atomic E-state index is -4.57. The number of sulfonamides is 1. The average Bonchev–Trinajstić information content (AvgIpc) is 3.68. The maximum absolute atomic E-state index is 13.6. The molecule has 1 aliphatic heterocycles. The smallest absolute Gasteiger partial charge is 0.274 e. The van der Waals surface area contributed by atoms with Crippen molar-refractivity contribution in [2.75, 3.05) is 13.1 Å². The molecule has 1 aliphatic rings. The van der Waals surface area contributed by atoms with Crippen molar-refractivity contribution in [2.45, 2.75) is 36.3 Å². The van der Waals surface area contributed by atoms with Crippen LogP contribution in [0.2, 0.25) is 0 Å². The second-order valence-corrected chi connectivity index (χ2v) is 12.6. The summed E-state index contributed by atoms with van der Waals surface area (Å²) in [6.07, 6.45) is 1.79. The zero-order valence-corrected chi connectivity index (χ0v) is 23.5. The van der Waals surface area contributed by atoms with E-state index in [4.69, 9.17) is 0 Å². The van der Waals surface area contributed by atoms with E-state index < -0.39 is 27.3 Å². The minimum Gasteiger partial charge on any atom is -0.274 e. The molecular formula is C29H26F4N6O2S. The summed E-state index contributed by atoms with van der Waals surface area (Å²) in [6.45, 7) is 2.25. The van der Waals surface area contributed by atoms with Crippen LogP contribution in [0, 0.1) is 12.7 Å². The highest BCUT2D eigenvalue weighted by molar-refractivity contribution is 7.89. The lowest BCUT2D eigenvalue weighted by Crippen LogP contribution is -2.36. The molecule has 13 heteroatoms. The second-order valence-electron chi connectivity index (χ2n) is 10.7. The molecule has 3 aromatic heterocycles. The van der Waals surface area contributed by atoms with Gasteiger partial charge < -0.3 is 0 Å². The number of pyridine rings is 1. The molecule has 0 N–H and O–H groups in total. The minimum absolute atomic E-state index is 0.0738. The SMILES string of the molecule is Cc1cc2c(cnn2-c2ccc(F)cc2)cc1C1(Cc2ccc(C(F)(F)F)nc2)CCN(S(=O)(=O)c2cnn(C)c2)C1. The maximum Gasteiger partial charge on any atom is 0.433 e. The highest BCUT2D eigenvalue weighted by Gasteiger charge is 2.45. The van der Waals surface area contributed by atoms with Gasteiger partial charge in [0.1, 0.15) is 16.4 Å². The molecule has 1 unspecified atom stereocenters. The van der Waals surface area contributed by atoms with Crippen LogP contribution in [0.5, 0.6) is 0 Å². The summed E-state index contributed by atoms with van der Waals surface area (Å²) in [5.41, 5.74) is 2.02. The van der Waals surface area contributed by atoms with Gasteiger partial charge in [0.2, 0.25) is 10.0 Å². The fourth-order valence-corrected chi connectivity index (χ4v) is 7.32. The predicted molar refractivity (Wildman–Crippen MR) is 147 cm³/mol. The monoisotopic (exact) mass is 598 g/mol. The third-order valence-electron chi connectivity index (χ3n) is 7.85. The van der Waals surface area contributed by atoms with Gasteiger partial charge in [0.25, 0.3) is 0 Å². The normalized spacial score (nSPS) is 18.2. The van der Waals surface area contributed by atoms with Crippen LogP contribution in [-0.2, 0) is 35.1 Å². The van der Waals surface area contributed by atoms with Crippen LogP contribution in [0.15, 0.2) is 78.2 Å². The van der Waals surface area contributed by atoms with Gasteiger partial charge in [0, 0.05) is 43.3 Å². The van der Waals surface area contributed by atoms with E-state index >= 15 is 0 Å². The molecule has 0 radical (unpaired) electrons. The van der Waals surface area contributed by atoms with Crippen LogP contribution >= 0.6 is 0 Å². The van der Waals surface area contributed by atoms with Crippen molar-refractivity contribution in [1.29, 1.82) is 0 Å². The summed E-state index contributed by atoms with van der Waals surface area (Å²) >= 11 is 0. The second kappa shape index (κ2) is 10.0. The molecular weight excluding hydrogens is 572 g/mol. The number of hydrogen-bond donors (Lipinski definition) is 0. The summed E-state index contributed by atoms with van der Waals surface area (Å²) in [6, 6.07) is 12.2. The molecule has 0 bridgehead atoms. The first-order valence-electron chi connectivity index (χ1n) is 13.1. The third-order valence-corrected chi connectivity index (χ3v) is 9.65. The molecule has 1 atom stereocenters. The van der Waals surface area contributed by atoms with Crippen LogP contribution in [0.25, 0.3) is 16.6 Å². The molecule has 0 amide bonds. The highest BCUT2D eigenvalue weighted by atomic mass is 32.2. The number of alkyl halides is 3. The molecule has 8 nitrogen and oxygen atoms in total. The fourth-order valence-electron chi connectivity index (χ4n) is 5.81. The van der Waals surface area contributed by atoms with Crippen molar-refractivity contribution < 1.29 is 26.0 Å². The third kappa shape index (κ3) is 4.96. The molecule has 1 saturated heterocycles. The van der Waals surface area contributed by atoms with E-state index in [0.29, 0.717) is 17.7 Å². The Morgan fingerprint density at radius 2 is 1.76 bits per heavy atom. The van der Waals surface area contributed by atoms with Crippen molar-refractivity contribution in [3.63, 3.8) is 0 Å². The quantitative estimate of drug-likeness (QED) is 0.251. The molecule has 218 valence electrons. The van der Waals surface area contributed by atoms with Crippen LogP contribution in [0.3, 0.4) is 0 Å². The first-order chi connectivity index (χ1) is 19.9. The maximum atomic E-state index is 13.6. The molecule has 5 aromatic rings. The molecule has 6 rings (SSSR count). The summed E-state index contributed by atoms with van der Waals surface area (Å²) in [5.74, 6) is -0.361. The molecule has 0 saturated carbocycles. The number of benzene rings is 2. The fraction of sp³-hybridized carbons (Fsp3) is 0.276. The Hall–Kier alpha value is -4.10. The van der Waals surface area contributed by atoms with E-state index in [2.05, 4.69) is 15.2 Å². The van der Waals surface area contributed by atoms with Crippen LogP contribution in [-0.4, -0.2) is 50.4 Å². The molecule has 0 spiro atoms. The zero-order chi connectivity index (χ0) is 29.9. The molecule has 0 aliphatic carbocycles. The van der Waals surface area contributed by atoms with E-state index in [-0.39, 0.29) is 30.2 Å². The number of aryl methyl sites for hydroxylation is 2. The summed E-state index contributed by atoms with van der Waals surface area (Å²) in [5, 5.41) is 9.30. The number of aromatic nitrogens is 5. The van der Waals surface area contributed by atoms with Gasteiger partial charge in [-0.25, -0.2) is 17.5 Å². The van der Waals surface area contributed by atoms with Gasteiger partial charge in [0.05, 0.1) is 23.6 Å². The van der Waals surface area contributed by atoms with Crippen LogP contribution < -0.4 is 0 Å². The number of halogens is 4. The van der Waals surface area contributed by atoms with Gasteiger partial charge in [-0.3, -0.25) is 9.67 Å². The molecule has 42 heavy (non-hydrogen) atoms. The Morgan fingerprint density at radius 3 is 2.40 bits per heavy atom. The lowest BCUT2D eigenvalue weighted by Gasteiger charge is -2.32. The molecule has 2 aromatic carbocycles. The summed E-state index contributed by atoms with van der Waals surface area (Å²) < 4.78 is 84.7. The van der Waals surface area contributed by atoms with Crippen molar-refractivity contribution in [2.24, 2.45) is 7.05 Å². The predicted octanol–water partition coefficient (Wildman–Crippen LogP) is 5.20. The van der Waals surface area contributed by atoms with E-state index in [9.17, 15) is 26.0 Å². The van der Waals surface area contributed by atoms with E-state index in [1.54, 1.807) is 30.1 Å². The lowest BCUT2D eigenvalue weighted by atomic mass is 9.73. The first-order valence-corrected chi connectivity index (χ1v) is 14.6. The number of nitrogens with zero attached hydrogens (tertiary/aromatic N) is 6. The van der Waals surface area contributed by atoms with Crippen LogP contribution in [0.1, 0.15) is 28.8 Å². The number of fused-ring (bicyclic) bond motifs is 1. The topological polar surface area (TPSA) is 85.9 Å². The molecule has 1 fully saturated rings. The van der Waals surface area contributed by atoms with E-state index in [0.717, 1.165) is 28.1 Å². The zero-order valence-electron chi connectivity index (χ0n) is 22.7. The highest BCUT2D eigenvalue weighted by Crippen LogP contribution is 2.43. The van der Waals surface area contributed by atoms with Gasteiger partial charge in [-0.1, -0.05) is 6.07 Å². The Balaban J connectivity index is 1.43. The standard InChI is InChI=1S/C29H26F4N6O2S/c1-19-11-26-21(15-36-39(26)23-6-4-22(30)5-7-23)12-25(19)28(13-20-3-8-27(34-14-20)29(31,32)33)9-10-38(18-28)42(40,41)24-16-35-37(2)17-24/h3-8,11-12,14-17H,9-10,13,18H2,1-2H3. The van der Waals surface area contributed by atoms with Crippen molar-refractivity contribution in [1.82, 2.24) is 28.9 Å². The van der Waals surface area contributed by atoms with Crippen molar-refractivity contribution in [3.05, 3.63) is 102 Å². The van der Waals surface area contributed by atoms with Crippen molar-refractivity contribution >= 4 is 20.9 Å². The Bertz CT molecular complexity index is 1880. The Kier molecular flexibility index (Phi) is 6.69. The van der Waals surface area contributed by atoms with Crippen molar-refractivity contribution in [3.8, 4) is 5.69 Å². The summed E-state index contributed by atoms with van der Waals surface area (Å²) in [7, 11) is -2.23. The summed E-state index contributed by atoms with van der Waals surface area (Å²) in [4.78, 5) is 3.72. The van der Waals surface area contributed by atoms with Crippen LogP contribution in [0.4, 0.5) is 17.6 Å². The van der Waals surface area contributed by atoms with E-state index in [1.807, 2.05) is 19.1 Å². The Morgan fingerprint density at radius 1 is 1.00 bits per heavy atom. The Labute approximate surface area is 239 Å². The number of rotatable bonds is 6. The van der Waals surface area contributed by atoms with Gasteiger partial charge >= 0.3 is 6.18 Å². The van der Waals surface area contributed by atoms with E-state index in [1.165, 1.54) is 45.8 Å². The van der Waals surface area contributed by atoms with Gasteiger partial charge in [-0.05, 0) is 78.9 Å². The largest absolute Gasteiger partial charge is 0.433 e. The van der Waals surface area contributed by atoms with Gasteiger partial charge in [0.15, 0.2) is 0 Å². The van der Waals surface area contributed by atoms with Gasteiger partial charge in [-0.15, -0.1) is 0 Å². The average molecular weight is 599 g/mol.